The van der Waals surface area contributed by atoms with E-state index in [4.69, 9.17) is 5.11 Å². The van der Waals surface area contributed by atoms with Crippen LogP contribution in [0.5, 0.6) is 0 Å². The van der Waals surface area contributed by atoms with E-state index in [2.05, 4.69) is 10.6 Å². The van der Waals surface area contributed by atoms with Gasteiger partial charge in [-0.3, -0.25) is 9.59 Å². The highest BCUT2D eigenvalue weighted by Crippen LogP contribution is 2.13. The minimum atomic E-state index is -0.699. The number of benzene rings is 1. The van der Waals surface area contributed by atoms with E-state index in [-0.39, 0.29) is 6.54 Å². The first-order valence-electron chi connectivity index (χ1n) is 6.24. The largest absolute Gasteiger partial charge is 0.393 e. The van der Waals surface area contributed by atoms with Crippen molar-refractivity contribution in [3.05, 3.63) is 29.3 Å². The Labute approximate surface area is 113 Å². The summed E-state index contributed by atoms with van der Waals surface area (Å²) in [6.45, 7) is 5.75. The van der Waals surface area contributed by atoms with E-state index in [1.54, 1.807) is 19.1 Å². The maximum absolute atomic E-state index is 11.6. The van der Waals surface area contributed by atoms with Crippen LogP contribution in [0, 0.1) is 13.8 Å². The summed E-state index contributed by atoms with van der Waals surface area (Å²) in [5, 5.41) is 14.0. The maximum Gasteiger partial charge on any atom is 0.313 e. The first-order chi connectivity index (χ1) is 8.88. The predicted octanol–water partition coefficient (Wildman–Crippen LogP) is 1.13. The molecule has 5 nitrogen and oxygen atoms in total. The number of rotatable bonds is 4. The van der Waals surface area contributed by atoms with Gasteiger partial charge < -0.3 is 15.7 Å². The van der Waals surface area contributed by atoms with Crippen LogP contribution in [-0.4, -0.2) is 29.6 Å². The van der Waals surface area contributed by atoms with Crippen LogP contribution in [0.3, 0.4) is 0 Å². The molecule has 1 aromatic rings. The second-order valence-corrected chi connectivity index (χ2v) is 4.72. The van der Waals surface area contributed by atoms with Crippen LogP contribution in [0.25, 0.3) is 0 Å². The van der Waals surface area contributed by atoms with Gasteiger partial charge >= 0.3 is 11.8 Å². The van der Waals surface area contributed by atoms with Gasteiger partial charge in [-0.15, -0.1) is 0 Å². The summed E-state index contributed by atoms with van der Waals surface area (Å²) in [5.41, 5.74) is 2.64. The van der Waals surface area contributed by atoms with Gasteiger partial charge in [0.2, 0.25) is 0 Å². The Hall–Kier alpha value is -1.88. The Morgan fingerprint density at radius 3 is 2.26 bits per heavy atom. The number of carbonyl (C=O) groups excluding carboxylic acids is 2. The third-order valence-corrected chi connectivity index (χ3v) is 2.53. The molecule has 0 aliphatic rings. The maximum atomic E-state index is 11.6. The lowest BCUT2D eigenvalue weighted by atomic mass is 10.1. The van der Waals surface area contributed by atoms with Crippen molar-refractivity contribution >= 4 is 17.5 Å². The van der Waals surface area contributed by atoms with Crippen LogP contribution in [-0.2, 0) is 9.59 Å². The number of nitrogens with one attached hydrogen (secondary N) is 2. The molecule has 0 saturated carbocycles. The summed E-state index contributed by atoms with van der Waals surface area (Å²) in [7, 11) is 0. The normalized spacial score (nSPS) is 11.8. The molecule has 104 valence electrons. The number of aliphatic hydroxyl groups is 1. The zero-order valence-electron chi connectivity index (χ0n) is 11.5. The van der Waals surface area contributed by atoms with Crippen molar-refractivity contribution < 1.29 is 14.7 Å². The zero-order valence-corrected chi connectivity index (χ0v) is 11.5. The molecule has 1 rings (SSSR count). The van der Waals surface area contributed by atoms with E-state index >= 15 is 0 Å². The molecule has 0 aliphatic carbocycles. The average molecular weight is 264 g/mol. The van der Waals surface area contributed by atoms with Crippen LogP contribution < -0.4 is 10.6 Å². The van der Waals surface area contributed by atoms with Crippen LogP contribution in [0.1, 0.15) is 24.5 Å². The summed E-state index contributed by atoms with van der Waals surface area (Å²) in [6.07, 6.45) is -0.0782. The van der Waals surface area contributed by atoms with E-state index < -0.39 is 17.9 Å². The molecule has 1 aromatic carbocycles. The van der Waals surface area contributed by atoms with E-state index in [0.29, 0.717) is 12.1 Å². The molecule has 0 heterocycles. The van der Waals surface area contributed by atoms with Crippen molar-refractivity contribution in [2.45, 2.75) is 33.3 Å². The number of aryl methyl sites for hydroxylation is 2. The number of hydrogen-bond donors (Lipinski definition) is 3. The molecule has 1 atom stereocenters. The zero-order chi connectivity index (χ0) is 14.4. The van der Waals surface area contributed by atoms with Gasteiger partial charge in [0.05, 0.1) is 6.10 Å². The molecule has 0 bridgehead atoms. The van der Waals surface area contributed by atoms with Crippen LogP contribution in [0.2, 0.25) is 0 Å². The van der Waals surface area contributed by atoms with Crippen molar-refractivity contribution in [1.29, 1.82) is 0 Å². The SMILES string of the molecule is Cc1cc(C)cc(NC(=O)C(=O)NCCC(C)O)c1. The molecule has 0 aromatic heterocycles. The van der Waals surface area contributed by atoms with Gasteiger partial charge in [-0.25, -0.2) is 0 Å². The van der Waals surface area contributed by atoms with Crippen molar-refractivity contribution in [1.82, 2.24) is 5.32 Å². The minimum absolute atomic E-state index is 0.275. The Bertz CT molecular complexity index is 450. The van der Waals surface area contributed by atoms with E-state index in [1.807, 2.05) is 19.9 Å². The molecule has 19 heavy (non-hydrogen) atoms. The second kappa shape index (κ2) is 6.89. The molecule has 3 N–H and O–H groups in total. The number of aliphatic hydroxyl groups excluding tert-OH is 1. The van der Waals surface area contributed by atoms with Gasteiger partial charge in [-0.2, -0.15) is 0 Å². The summed E-state index contributed by atoms with van der Waals surface area (Å²) >= 11 is 0. The first-order valence-corrected chi connectivity index (χ1v) is 6.24. The highest BCUT2D eigenvalue weighted by atomic mass is 16.3. The van der Waals surface area contributed by atoms with Gasteiger partial charge in [0.1, 0.15) is 0 Å². The highest BCUT2D eigenvalue weighted by molar-refractivity contribution is 6.39. The van der Waals surface area contributed by atoms with Gasteiger partial charge in [-0.05, 0) is 50.5 Å². The summed E-state index contributed by atoms with van der Waals surface area (Å²) < 4.78 is 0. The van der Waals surface area contributed by atoms with E-state index in [9.17, 15) is 9.59 Å². The van der Waals surface area contributed by atoms with E-state index in [0.717, 1.165) is 11.1 Å². The molecule has 1 unspecified atom stereocenters. The predicted molar refractivity (Wildman–Crippen MR) is 73.9 cm³/mol. The Morgan fingerprint density at radius 2 is 1.74 bits per heavy atom. The van der Waals surface area contributed by atoms with Gasteiger partial charge in [0.15, 0.2) is 0 Å². The van der Waals surface area contributed by atoms with Crippen molar-refractivity contribution in [2.75, 3.05) is 11.9 Å². The van der Waals surface area contributed by atoms with Crippen LogP contribution >= 0.6 is 0 Å². The molecule has 0 radical (unpaired) electrons. The lowest BCUT2D eigenvalue weighted by molar-refractivity contribution is -0.136. The number of anilines is 1. The van der Waals surface area contributed by atoms with Crippen molar-refractivity contribution in [3.8, 4) is 0 Å². The standard InChI is InChI=1S/C14H20N2O3/c1-9-6-10(2)8-12(7-9)16-14(19)13(18)15-5-4-11(3)17/h6-8,11,17H,4-5H2,1-3H3,(H,15,18)(H,16,19). The molecule has 0 aliphatic heterocycles. The average Bonchev–Trinajstić information content (AvgIpc) is 2.26. The second-order valence-electron chi connectivity index (χ2n) is 4.72. The van der Waals surface area contributed by atoms with Crippen molar-refractivity contribution in [3.63, 3.8) is 0 Å². The van der Waals surface area contributed by atoms with Gasteiger partial charge in [-0.1, -0.05) is 6.07 Å². The fourth-order valence-corrected chi connectivity index (χ4v) is 1.71. The first kappa shape index (κ1) is 15.2. The molecule has 0 spiro atoms. The quantitative estimate of drug-likeness (QED) is 0.713. The number of hydrogen-bond acceptors (Lipinski definition) is 3. The summed E-state index contributed by atoms with van der Waals surface area (Å²) in [5.74, 6) is -1.39. The van der Waals surface area contributed by atoms with Crippen LogP contribution in [0.4, 0.5) is 5.69 Å². The topological polar surface area (TPSA) is 78.4 Å². The monoisotopic (exact) mass is 264 g/mol. The third kappa shape index (κ3) is 5.52. The Balaban J connectivity index is 2.52. The minimum Gasteiger partial charge on any atom is -0.393 e. The lowest BCUT2D eigenvalue weighted by Gasteiger charge is -2.08. The molecule has 2 amide bonds. The summed E-state index contributed by atoms with van der Waals surface area (Å²) in [4.78, 5) is 23.1. The van der Waals surface area contributed by atoms with Gasteiger partial charge in [0.25, 0.3) is 0 Å². The fraction of sp³-hybridized carbons (Fsp3) is 0.429. The van der Waals surface area contributed by atoms with E-state index in [1.165, 1.54) is 0 Å². The van der Waals surface area contributed by atoms with Crippen LogP contribution in [0.15, 0.2) is 18.2 Å². The lowest BCUT2D eigenvalue weighted by Crippen LogP contribution is -2.36. The molecule has 0 fully saturated rings. The molecular weight excluding hydrogens is 244 g/mol. The Morgan fingerprint density at radius 1 is 1.16 bits per heavy atom. The van der Waals surface area contributed by atoms with Crippen molar-refractivity contribution in [2.24, 2.45) is 0 Å². The third-order valence-electron chi connectivity index (χ3n) is 2.53. The number of amides is 2. The summed E-state index contributed by atoms with van der Waals surface area (Å²) in [6, 6.07) is 5.58. The number of carbonyl (C=O) groups is 2. The fourth-order valence-electron chi connectivity index (χ4n) is 1.71. The smallest absolute Gasteiger partial charge is 0.313 e. The Kier molecular flexibility index (Phi) is 5.51. The molecular formula is C14H20N2O3. The molecule has 5 heteroatoms. The van der Waals surface area contributed by atoms with Gasteiger partial charge in [0, 0.05) is 12.2 Å². The highest BCUT2D eigenvalue weighted by Gasteiger charge is 2.13. The molecule has 0 saturated heterocycles.